The van der Waals surface area contributed by atoms with E-state index in [0.717, 1.165) is 6.04 Å². The van der Waals surface area contributed by atoms with E-state index in [4.69, 9.17) is 0 Å². The summed E-state index contributed by atoms with van der Waals surface area (Å²) in [6.07, 6.45) is 4.01. The topological polar surface area (TPSA) is 15.3 Å². The van der Waals surface area contributed by atoms with Crippen molar-refractivity contribution in [2.75, 3.05) is 27.2 Å². The molecule has 0 aromatic rings. The highest BCUT2D eigenvalue weighted by Gasteiger charge is 2.30. The van der Waals surface area contributed by atoms with Gasteiger partial charge in [-0.1, -0.05) is 13.8 Å². The van der Waals surface area contributed by atoms with Crippen molar-refractivity contribution in [3.05, 3.63) is 0 Å². The molecule has 0 amide bonds. The fraction of sp³-hybridized carbons (Fsp3) is 1.00. The summed E-state index contributed by atoms with van der Waals surface area (Å²) in [5.74, 6) is 0. The Balaban J connectivity index is 2.35. The highest BCUT2D eigenvalue weighted by atomic mass is 15.1. The van der Waals surface area contributed by atoms with Gasteiger partial charge in [0.2, 0.25) is 0 Å². The van der Waals surface area contributed by atoms with Gasteiger partial charge in [0, 0.05) is 6.04 Å². The molecule has 0 radical (unpaired) electrons. The first-order valence-electron chi connectivity index (χ1n) is 5.40. The Labute approximate surface area is 82.7 Å². The minimum atomic E-state index is 0.459. The minimum Gasteiger partial charge on any atom is -0.313 e. The Bertz CT molecular complexity index is 146. The monoisotopic (exact) mass is 184 g/mol. The van der Waals surface area contributed by atoms with Crippen molar-refractivity contribution in [3.63, 3.8) is 0 Å². The van der Waals surface area contributed by atoms with E-state index in [2.05, 4.69) is 38.2 Å². The number of hydrogen-bond acceptors (Lipinski definition) is 2. The van der Waals surface area contributed by atoms with Crippen LogP contribution in [0.15, 0.2) is 0 Å². The molecule has 1 aliphatic rings. The van der Waals surface area contributed by atoms with Gasteiger partial charge in [-0.05, 0) is 51.9 Å². The van der Waals surface area contributed by atoms with E-state index < -0.39 is 0 Å². The summed E-state index contributed by atoms with van der Waals surface area (Å²) in [6, 6.07) is 0.743. The molecule has 2 nitrogen and oxygen atoms in total. The molecular weight excluding hydrogens is 160 g/mol. The van der Waals surface area contributed by atoms with Crippen LogP contribution in [0.25, 0.3) is 0 Å². The van der Waals surface area contributed by atoms with E-state index in [1.165, 1.54) is 32.4 Å². The molecule has 2 heteroatoms. The van der Waals surface area contributed by atoms with Crippen molar-refractivity contribution < 1.29 is 0 Å². The van der Waals surface area contributed by atoms with Gasteiger partial charge in [0.15, 0.2) is 0 Å². The number of hydrogen-bond donors (Lipinski definition) is 1. The molecule has 0 saturated carbocycles. The lowest BCUT2D eigenvalue weighted by molar-refractivity contribution is 0.213. The van der Waals surface area contributed by atoms with Crippen LogP contribution < -0.4 is 5.32 Å². The van der Waals surface area contributed by atoms with E-state index in [9.17, 15) is 0 Å². The lowest BCUT2D eigenvalue weighted by Crippen LogP contribution is -2.39. The van der Waals surface area contributed by atoms with E-state index in [1.807, 2.05) is 0 Å². The van der Waals surface area contributed by atoms with Crippen molar-refractivity contribution >= 4 is 0 Å². The molecule has 0 aromatic heterocycles. The third kappa shape index (κ3) is 3.28. The third-order valence-corrected chi connectivity index (χ3v) is 3.21. The predicted molar refractivity (Wildman–Crippen MR) is 58.0 cm³/mol. The fourth-order valence-corrected chi connectivity index (χ4v) is 2.04. The number of nitrogens with one attached hydrogen (secondary N) is 1. The summed E-state index contributed by atoms with van der Waals surface area (Å²) >= 11 is 0. The second-order valence-corrected chi connectivity index (χ2v) is 5.19. The maximum atomic E-state index is 3.60. The Morgan fingerprint density at radius 3 is 2.54 bits per heavy atom. The predicted octanol–water partition coefficient (Wildman–Crippen LogP) is 1.72. The third-order valence-electron chi connectivity index (χ3n) is 3.21. The van der Waals surface area contributed by atoms with Crippen LogP contribution in [0.3, 0.4) is 0 Å². The largest absolute Gasteiger partial charge is 0.313 e. The molecule has 13 heavy (non-hydrogen) atoms. The average Bonchev–Trinajstić information content (AvgIpc) is 2.53. The molecule has 0 bridgehead atoms. The van der Waals surface area contributed by atoms with Gasteiger partial charge in [0.1, 0.15) is 0 Å². The summed E-state index contributed by atoms with van der Waals surface area (Å²) in [4.78, 5) is 2.27. The normalized spacial score (nSPS) is 24.2. The second-order valence-electron chi connectivity index (χ2n) is 5.19. The van der Waals surface area contributed by atoms with Crippen molar-refractivity contribution in [2.45, 2.75) is 39.2 Å². The smallest absolute Gasteiger partial charge is 0.0119 e. The molecule has 1 rings (SSSR count). The standard InChI is InChI=1S/C11H24N2/c1-11(2,7-9-13(3)4)10-6-5-8-12-10/h10,12H,5-9H2,1-4H3. The van der Waals surface area contributed by atoms with Crippen LogP contribution in [0.4, 0.5) is 0 Å². The van der Waals surface area contributed by atoms with Crippen LogP contribution in [0, 0.1) is 5.41 Å². The Hall–Kier alpha value is -0.0800. The van der Waals surface area contributed by atoms with Crippen molar-refractivity contribution in [1.29, 1.82) is 0 Å². The molecule has 78 valence electrons. The Morgan fingerprint density at radius 1 is 1.38 bits per heavy atom. The summed E-state index contributed by atoms with van der Waals surface area (Å²) in [7, 11) is 4.30. The zero-order valence-electron chi connectivity index (χ0n) is 9.56. The summed E-state index contributed by atoms with van der Waals surface area (Å²) in [5.41, 5.74) is 0.459. The van der Waals surface area contributed by atoms with Crippen LogP contribution in [0.2, 0.25) is 0 Å². The van der Waals surface area contributed by atoms with Crippen LogP contribution in [-0.2, 0) is 0 Å². The van der Waals surface area contributed by atoms with Crippen LogP contribution in [0.1, 0.15) is 33.1 Å². The first-order chi connectivity index (χ1) is 6.02. The minimum absolute atomic E-state index is 0.459. The maximum absolute atomic E-state index is 3.60. The van der Waals surface area contributed by atoms with Crippen molar-refractivity contribution in [2.24, 2.45) is 5.41 Å². The zero-order valence-corrected chi connectivity index (χ0v) is 9.56. The zero-order chi connectivity index (χ0) is 9.90. The van der Waals surface area contributed by atoms with Gasteiger partial charge in [0.05, 0.1) is 0 Å². The highest BCUT2D eigenvalue weighted by Crippen LogP contribution is 2.30. The molecule has 0 aromatic carbocycles. The molecular formula is C11H24N2. The van der Waals surface area contributed by atoms with E-state index in [-0.39, 0.29) is 0 Å². The Morgan fingerprint density at radius 2 is 2.08 bits per heavy atom. The molecule has 0 spiro atoms. The second kappa shape index (κ2) is 4.43. The Kier molecular flexibility index (Phi) is 3.74. The van der Waals surface area contributed by atoms with Gasteiger partial charge in [-0.25, -0.2) is 0 Å². The summed E-state index contributed by atoms with van der Waals surface area (Å²) < 4.78 is 0. The van der Waals surface area contributed by atoms with Crippen molar-refractivity contribution in [1.82, 2.24) is 10.2 Å². The molecule has 1 heterocycles. The van der Waals surface area contributed by atoms with Gasteiger partial charge < -0.3 is 10.2 Å². The molecule has 1 unspecified atom stereocenters. The van der Waals surface area contributed by atoms with Gasteiger partial charge in [-0.2, -0.15) is 0 Å². The van der Waals surface area contributed by atoms with Gasteiger partial charge in [-0.15, -0.1) is 0 Å². The van der Waals surface area contributed by atoms with Gasteiger partial charge in [0.25, 0.3) is 0 Å². The molecule has 0 aliphatic carbocycles. The summed E-state index contributed by atoms with van der Waals surface area (Å²) in [5, 5.41) is 3.60. The SMILES string of the molecule is CN(C)CCC(C)(C)C1CCCN1. The first-order valence-corrected chi connectivity index (χ1v) is 5.40. The average molecular weight is 184 g/mol. The first kappa shape index (κ1) is 11.0. The summed E-state index contributed by atoms with van der Waals surface area (Å²) in [6.45, 7) is 7.19. The number of nitrogens with zero attached hydrogens (tertiary/aromatic N) is 1. The van der Waals surface area contributed by atoms with E-state index in [0.29, 0.717) is 5.41 Å². The van der Waals surface area contributed by atoms with E-state index in [1.54, 1.807) is 0 Å². The van der Waals surface area contributed by atoms with Crippen molar-refractivity contribution in [3.8, 4) is 0 Å². The molecule has 1 aliphatic heterocycles. The lowest BCUT2D eigenvalue weighted by atomic mass is 9.80. The maximum Gasteiger partial charge on any atom is 0.0119 e. The van der Waals surface area contributed by atoms with Gasteiger partial charge >= 0.3 is 0 Å². The molecule has 1 N–H and O–H groups in total. The van der Waals surface area contributed by atoms with Gasteiger partial charge in [-0.3, -0.25) is 0 Å². The fourth-order valence-electron chi connectivity index (χ4n) is 2.04. The molecule has 1 saturated heterocycles. The lowest BCUT2D eigenvalue weighted by Gasteiger charge is -2.32. The quantitative estimate of drug-likeness (QED) is 0.715. The van der Waals surface area contributed by atoms with Crippen LogP contribution >= 0.6 is 0 Å². The van der Waals surface area contributed by atoms with Crippen LogP contribution in [0.5, 0.6) is 0 Å². The number of rotatable bonds is 4. The highest BCUT2D eigenvalue weighted by molar-refractivity contribution is 4.88. The van der Waals surface area contributed by atoms with E-state index >= 15 is 0 Å². The van der Waals surface area contributed by atoms with Crippen LogP contribution in [-0.4, -0.2) is 38.1 Å². The molecule has 1 fully saturated rings. The molecule has 1 atom stereocenters.